The van der Waals surface area contributed by atoms with Gasteiger partial charge in [0.2, 0.25) is 0 Å². The van der Waals surface area contributed by atoms with Crippen molar-refractivity contribution in [3.8, 4) is 0 Å². The maximum absolute atomic E-state index is 11.7. The van der Waals surface area contributed by atoms with E-state index < -0.39 is 5.97 Å². The number of hydrogen-bond acceptors (Lipinski definition) is 3. The Morgan fingerprint density at radius 3 is 3.00 bits per heavy atom. The van der Waals surface area contributed by atoms with Crippen LogP contribution in [0.2, 0.25) is 0 Å². The predicted molar refractivity (Wildman–Crippen MR) is 48.0 cm³/mol. The summed E-state index contributed by atoms with van der Waals surface area (Å²) < 4.78 is 11.7. The smallest absolute Gasteiger partial charge is 0.345 e. The molecule has 0 unspecified atom stereocenters. The van der Waals surface area contributed by atoms with Gasteiger partial charge in [0.1, 0.15) is 4.88 Å². The molecule has 66 valence electrons. The first-order valence-corrected chi connectivity index (χ1v) is 5.11. The van der Waals surface area contributed by atoms with Gasteiger partial charge in [0.05, 0.1) is 6.67 Å². The van der Waals surface area contributed by atoms with Crippen LogP contribution in [-0.2, 0) is 0 Å². The highest BCUT2D eigenvalue weighted by molar-refractivity contribution is 7.99. The van der Waals surface area contributed by atoms with Gasteiger partial charge in [0.15, 0.2) is 0 Å². The van der Waals surface area contributed by atoms with Crippen LogP contribution in [0.4, 0.5) is 4.39 Å². The zero-order valence-electron chi connectivity index (χ0n) is 6.12. The van der Waals surface area contributed by atoms with Gasteiger partial charge >= 0.3 is 5.97 Å². The first kappa shape index (κ1) is 9.54. The molecule has 0 amide bonds. The number of halogens is 1. The Labute approximate surface area is 77.4 Å². The van der Waals surface area contributed by atoms with Crippen LogP contribution >= 0.6 is 23.1 Å². The number of rotatable bonds is 4. The van der Waals surface area contributed by atoms with Crippen LogP contribution < -0.4 is 0 Å². The monoisotopic (exact) mass is 206 g/mol. The second kappa shape index (κ2) is 4.47. The van der Waals surface area contributed by atoms with Crippen molar-refractivity contribution < 1.29 is 14.3 Å². The van der Waals surface area contributed by atoms with Gasteiger partial charge in [-0.3, -0.25) is 4.39 Å². The molecule has 0 fully saturated rings. The molecule has 0 radical (unpaired) electrons. The molecule has 0 saturated carbocycles. The SMILES string of the molecule is O=C(O)c1cc(SCCF)cs1. The van der Waals surface area contributed by atoms with Crippen molar-refractivity contribution >= 4 is 29.1 Å². The molecule has 0 aliphatic carbocycles. The standard InChI is InChI=1S/C7H7FO2S2/c8-1-2-11-5-3-6(7(9)10)12-4-5/h3-4H,1-2H2,(H,9,10). The van der Waals surface area contributed by atoms with E-state index in [4.69, 9.17) is 5.11 Å². The minimum atomic E-state index is -0.924. The maximum Gasteiger partial charge on any atom is 0.345 e. The minimum absolute atomic E-state index is 0.302. The lowest BCUT2D eigenvalue weighted by atomic mass is 10.5. The van der Waals surface area contributed by atoms with E-state index in [-0.39, 0.29) is 6.67 Å². The Kier molecular flexibility index (Phi) is 3.55. The van der Waals surface area contributed by atoms with Crippen LogP contribution in [-0.4, -0.2) is 23.5 Å². The lowest BCUT2D eigenvalue weighted by molar-refractivity contribution is 0.0702. The molecule has 1 N–H and O–H groups in total. The molecule has 0 atom stereocenters. The fourth-order valence-corrected chi connectivity index (χ4v) is 2.28. The van der Waals surface area contributed by atoms with E-state index >= 15 is 0 Å². The summed E-state index contributed by atoms with van der Waals surface area (Å²) in [5.41, 5.74) is 0. The van der Waals surface area contributed by atoms with E-state index in [1.165, 1.54) is 23.1 Å². The number of aromatic carboxylic acids is 1. The molecule has 1 rings (SSSR count). The first-order valence-electron chi connectivity index (χ1n) is 3.24. The van der Waals surface area contributed by atoms with Gasteiger partial charge in [-0.05, 0) is 6.07 Å². The van der Waals surface area contributed by atoms with Crippen molar-refractivity contribution in [2.24, 2.45) is 0 Å². The summed E-state index contributed by atoms with van der Waals surface area (Å²) >= 11 is 2.50. The number of thioether (sulfide) groups is 1. The Balaban J connectivity index is 2.58. The van der Waals surface area contributed by atoms with Gasteiger partial charge in [-0.15, -0.1) is 23.1 Å². The van der Waals surface area contributed by atoms with Gasteiger partial charge in [0, 0.05) is 16.0 Å². The Hall–Kier alpha value is -0.550. The molecule has 0 saturated heterocycles. The van der Waals surface area contributed by atoms with E-state index in [9.17, 15) is 9.18 Å². The molecule has 0 bridgehead atoms. The predicted octanol–water partition coefficient (Wildman–Crippen LogP) is 2.51. The molecule has 0 aliphatic rings. The van der Waals surface area contributed by atoms with E-state index in [0.717, 1.165) is 4.90 Å². The summed E-state index contributed by atoms with van der Waals surface area (Å²) in [6, 6.07) is 1.56. The van der Waals surface area contributed by atoms with Crippen molar-refractivity contribution in [3.05, 3.63) is 16.3 Å². The van der Waals surface area contributed by atoms with Crippen LogP contribution in [0, 0.1) is 0 Å². The third-order valence-corrected chi connectivity index (χ3v) is 3.13. The Morgan fingerprint density at radius 1 is 1.75 bits per heavy atom. The zero-order chi connectivity index (χ0) is 8.97. The van der Waals surface area contributed by atoms with E-state index in [0.29, 0.717) is 10.6 Å². The Morgan fingerprint density at radius 2 is 2.50 bits per heavy atom. The highest BCUT2D eigenvalue weighted by Gasteiger charge is 2.06. The molecular formula is C7H7FO2S2. The van der Waals surface area contributed by atoms with Crippen LogP contribution in [0.1, 0.15) is 9.67 Å². The van der Waals surface area contributed by atoms with E-state index in [2.05, 4.69) is 0 Å². The summed E-state index contributed by atoms with van der Waals surface area (Å²) in [4.78, 5) is 11.5. The lowest BCUT2D eigenvalue weighted by Gasteiger charge is -1.90. The summed E-state index contributed by atoms with van der Waals surface area (Å²) in [6.45, 7) is -0.386. The average molecular weight is 206 g/mol. The number of carbonyl (C=O) groups is 1. The third kappa shape index (κ3) is 2.49. The Bertz CT molecular complexity index is 272. The number of alkyl halides is 1. The van der Waals surface area contributed by atoms with E-state index in [1.807, 2.05) is 0 Å². The summed E-state index contributed by atoms with van der Waals surface area (Å²) in [5.74, 6) is -0.539. The van der Waals surface area contributed by atoms with Crippen LogP contribution in [0.25, 0.3) is 0 Å². The molecule has 12 heavy (non-hydrogen) atoms. The van der Waals surface area contributed by atoms with Crippen molar-refractivity contribution in [1.29, 1.82) is 0 Å². The number of carboxylic acids is 1. The highest BCUT2D eigenvalue weighted by atomic mass is 32.2. The van der Waals surface area contributed by atoms with Crippen molar-refractivity contribution in [3.63, 3.8) is 0 Å². The summed E-state index contributed by atoms with van der Waals surface area (Å²) in [6.07, 6.45) is 0. The molecule has 1 aromatic rings. The number of thiophene rings is 1. The van der Waals surface area contributed by atoms with Gasteiger partial charge in [-0.25, -0.2) is 4.79 Å². The van der Waals surface area contributed by atoms with Crippen molar-refractivity contribution in [2.75, 3.05) is 12.4 Å². The zero-order valence-corrected chi connectivity index (χ0v) is 7.75. The minimum Gasteiger partial charge on any atom is -0.477 e. The van der Waals surface area contributed by atoms with Crippen molar-refractivity contribution in [2.45, 2.75) is 4.90 Å². The number of hydrogen-bond donors (Lipinski definition) is 1. The second-order valence-electron chi connectivity index (χ2n) is 1.99. The van der Waals surface area contributed by atoms with Gasteiger partial charge in [0.25, 0.3) is 0 Å². The van der Waals surface area contributed by atoms with Gasteiger partial charge in [-0.2, -0.15) is 0 Å². The molecule has 2 nitrogen and oxygen atoms in total. The van der Waals surface area contributed by atoms with Gasteiger partial charge in [-0.1, -0.05) is 0 Å². The fraction of sp³-hybridized carbons (Fsp3) is 0.286. The molecule has 0 aliphatic heterocycles. The molecule has 0 spiro atoms. The molecule has 5 heteroatoms. The summed E-state index contributed by atoms with van der Waals surface area (Å²) in [5, 5.41) is 10.3. The molecular weight excluding hydrogens is 199 g/mol. The average Bonchev–Trinajstić information content (AvgIpc) is 2.48. The molecule has 0 aromatic carbocycles. The lowest BCUT2D eigenvalue weighted by Crippen LogP contribution is -1.89. The molecule has 1 heterocycles. The van der Waals surface area contributed by atoms with Gasteiger partial charge < -0.3 is 5.11 Å². The maximum atomic E-state index is 11.7. The van der Waals surface area contributed by atoms with Crippen LogP contribution in [0.5, 0.6) is 0 Å². The van der Waals surface area contributed by atoms with Crippen LogP contribution in [0.15, 0.2) is 16.3 Å². The topological polar surface area (TPSA) is 37.3 Å². The second-order valence-corrected chi connectivity index (χ2v) is 4.07. The number of carboxylic acid groups (broad SMARTS) is 1. The van der Waals surface area contributed by atoms with E-state index in [1.54, 1.807) is 11.4 Å². The van der Waals surface area contributed by atoms with Crippen LogP contribution in [0.3, 0.4) is 0 Å². The quantitative estimate of drug-likeness (QED) is 0.769. The normalized spacial score (nSPS) is 10.1. The fourth-order valence-electron chi connectivity index (χ4n) is 0.663. The third-order valence-electron chi connectivity index (χ3n) is 1.13. The first-order chi connectivity index (χ1) is 5.74. The highest BCUT2D eigenvalue weighted by Crippen LogP contribution is 2.24. The largest absolute Gasteiger partial charge is 0.477 e. The van der Waals surface area contributed by atoms with Crippen molar-refractivity contribution in [1.82, 2.24) is 0 Å². The summed E-state index contributed by atoms with van der Waals surface area (Å²) in [7, 11) is 0. The molecule has 1 aromatic heterocycles.